The molecule has 1 N–H and O–H groups in total. The van der Waals surface area contributed by atoms with Crippen molar-refractivity contribution >= 4 is 27.9 Å². The van der Waals surface area contributed by atoms with E-state index in [1.165, 1.54) is 6.08 Å². The molecule has 5 heteroatoms. The molecule has 0 aromatic heterocycles. The Labute approximate surface area is 134 Å². The summed E-state index contributed by atoms with van der Waals surface area (Å²) in [5.74, 6) is 1.17. The maximum Gasteiger partial charge on any atom is 0.243 e. The van der Waals surface area contributed by atoms with E-state index >= 15 is 0 Å². The average molecular weight is 356 g/mol. The van der Waals surface area contributed by atoms with Gasteiger partial charge in [0.1, 0.15) is 0 Å². The number of hydrogen-bond donors (Lipinski definition) is 1. The Balaban J connectivity index is 2.67. The van der Waals surface area contributed by atoms with Gasteiger partial charge in [-0.25, -0.2) is 0 Å². The molecular weight excluding hydrogens is 334 g/mol. The van der Waals surface area contributed by atoms with Gasteiger partial charge >= 0.3 is 0 Å². The van der Waals surface area contributed by atoms with Gasteiger partial charge in [0, 0.05) is 12.6 Å². The molecule has 0 fully saturated rings. The lowest BCUT2D eigenvalue weighted by Gasteiger charge is -2.10. The van der Waals surface area contributed by atoms with Gasteiger partial charge in [0.05, 0.1) is 18.7 Å². The fourth-order valence-corrected chi connectivity index (χ4v) is 2.47. The Bertz CT molecular complexity index is 501. The molecule has 116 valence electrons. The summed E-state index contributed by atoms with van der Waals surface area (Å²) < 4.78 is 11.3. The minimum absolute atomic E-state index is 0.0861. The van der Waals surface area contributed by atoms with Gasteiger partial charge in [-0.05, 0) is 46.1 Å². The molecule has 0 atom stereocenters. The fraction of sp³-hybridized carbons (Fsp3) is 0.438. The number of amides is 1. The number of methoxy groups -OCH3 is 2. The lowest BCUT2D eigenvalue weighted by molar-refractivity contribution is -0.116. The molecule has 0 spiro atoms. The van der Waals surface area contributed by atoms with Gasteiger partial charge in [-0.3, -0.25) is 4.79 Å². The number of hydrogen-bond acceptors (Lipinski definition) is 3. The fourth-order valence-electron chi connectivity index (χ4n) is 1.85. The highest BCUT2D eigenvalue weighted by atomic mass is 79.9. The molecule has 0 aliphatic carbocycles. The highest BCUT2D eigenvalue weighted by Gasteiger charge is 2.09. The van der Waals surface area contributed by atoms with E-state index in [4.69, 9.17) is 9.47 Å². The highest BCUT2D eigenvalue weighted by Crippen LogP contribution is 2.36. The van der Waals surface area contributed by atoms with Crippen LogP contribution in [0.1, 0.15) is 31.7 Å². The van der Waals surface area contributed by atoms with Crippen molar-refractivity contribution in [3.05, 3.63) is 28.2 Å². The van der Waals surface area contributed by atoms with Crippen molar-refractivity contribution in [3.63, 3.8) is 0 Å². The lowest BCUT2D eigenvalue weighted by Crippen LogP contribution is -2.21. The summed E-state index contributed by atoms with van der Waals surface area (Å²) >= 11 is 3.43. The molecule has 0 aliphatic rings. The molecule has 4 nitrogen and oxygen atoms in total. The molecule has 0 saturated heterocycles. The van der Waals surface area contributed by atoms with E-state index < -0.39 is 0 Å². The van der Waals surface area contributed by atoms with Gasteiger partial charge in [-0.15, -0.1) is 0 Å². The maximum atomic E-state index is 11.7. The van der Waals surface area contributed by atoms with Crippen LogP contribution >= 0.6 is 15.9 Å². The summed E-state index contributed by atoms with van der Waals surface area (Å²) in [5, 5.41) is 2.86. The minimum Gasteiger partial charge on any atom is -0.493 e. The number of carbonyl (C=O) groups excluding carboxylic acids is 1. The summed E-state index contributed by atoms with van der Waals surface area (Å²) in [7, 11) is 3.17. The van der Waals surface area contributed by atoms with Crippen LogP contribution in [0.3, 0.4) is 0 Å². The molecule has 0 radical (unpaired) electrons. The van der Waals surface area contributed by atoms with Crippen LogP contribution < -0.4 is 14.8 Å². The molecule has 0 heterocycles. The predicted octanol–water partition coefficient (Wildman–Crippen LogP) is 3.79. The number of ether oxygens (including phenoxy) is 2. The van der Waals surface area contributed by atoms with Crippen LogP contribution in [-0.4, -0.2) is 26.7 Å². The van der Waals surface area contributed by atoms with Crippen molar-refractivity contribution in [3.8, 4) is 11.5 Å². The average Bonchev–Trinajstić information content (AvgIpc) is 2.48. The molecule has 0 unspecified atom stereocenters. The second-order valence-corrected chi connectivity index (χ2v) is 5.42. The molecular formula is C16H22BrNO3. The highest BCUT2D eigenvalue weighted by molar-refractivity contribution is 9.10. The van der Waals surface area contributed by atoms with E-state index in [1.54, 1.807) is 20.3 Å². The summed E-state index contributed by atoms with van der Waals surface area (Å²) in [6.07, 6.45) is 6.57. The van der Waals surface area contributed by atoms with E-state index in [0.717, 1.165) is 29.3 Å². The molecule has 0 saturated carbocycles. The Kier molecular flexibility index (Phi) is 7.90. The van der Waals surface area contributed by atoms with Crippen LogP contribution in [0.5, 0.6) is 11.5 Å². The first kappa shape index (κ1) is 17.6. The number of carbonyl (C=O) groups is 1. The zero-order valence-corrected chi connectivity index (χ0v) is 14.3. The van der Waals surface area contributed by atoms with Crippen molar-refractivity contribution < 1.29 is 14.3 Å². The number of rotatable bonds is 8. The minimum atomic E-state index is -0.0861. The first-order chi connectivity index (χ1) is 10.1. The van der Waals surface area contributed by atoms with Gasteiger partial charge in [0.15, 0.2) is 11.5 Å². The van der Waals surface area contributed by atoms with Crippen molar-refractivity contribution in [2.45, 2.75) is 26.2 Å². The lowest BCUT2D eigenvalue weighted by atomic mass is 10.2. The normalized spacial score (nSPS) is 10.7. The zero-order chi connectivity index (χ0) is 15.7. The Morgan fingerprint density at radius 3 is 2.67 bits per heavy atom. The van der Waals surface area contributed by atoms with Gasteiger partial charge in [-0.2, -0.15) is 0 Å². The third-order valence-corrected chi connectivity index (χ3v) is 3.55. The second-order valence-electron chi connectivity index (χ2n) is 4.57. The van der Waals surface area contributed by atoms with E-state index in [9.17, 15) is 4.79 Å². The first-order valence-corrected chi connectivity index (χ1v) is 7.79. The van der Waals surface area contributed by atoms with Crippen LogP contribution in [0.25, 0.3) is 6.08 Å². The zero-order valence-electron chi connectivity index (χ0n) is 12.7. The van der Waals surface area contributed by atoms with Gasteiger partial charge < -0.3 is 14.8 Å². The van der Waals surface area contributed by atoms with E-state index in [0.29, 0.717) is 18.0 Å². The third-order valence-electron chi connectivity index (χ3n) is 2.96. The summed E-state index contributed by atoms with van der Waals surface area (Å²) in [4.78, 5) is 11.7. The van der Waals surface area contributed by atoms with Crippen LogP contribution in [0.4, 0.5) is 0 Å². The monoisotopic (exact) mass is 355 g/mol. The van der Waals surface area contributed by atoms with Crippen molar-refractivity contribution in [1.29, 1.82) is 0 Å². The number of unbranched alkanes of at least 4 members (excludes halogenated alkanes) is 2. The topological polar surface area (TPSA) is 47.6 Å². The number of nitrogens with one attached hydrogen (secondary N) is 1. The standard InChI is InChI=1S/C16H22BrNO3/c1-4-5-6-9-18-15(19)8-7-12-10-13(17)16(21-3)14(11-12)20-2/h7-8,10-11H,4-6,9H2,1-3H3,(H,18,19)/b8-7+. The molecule has 1 amide bonds. The third kappa shape index (κ3) is 5.79. The molecule has 1 rings (SSSR count). The van der Waals surface area contributed by atoms with Crippen LogP contribution in [0, 0.1) is 0 Å². The van der Waals surface area contributed by atoms with Crippen LogP contribution in [-0.2, 0) is 4.79 Å². The van der Waals surface area contributed by atoms with Crippen molar-refractivity contribution in [2.75, 3.05) is 20.8 Å². The Morgan fingerprint density at radius 2 is 2.05 bits per heavy atom. The molecule has 0 aliphatic heterocycles. The summed E-state index contributed by atoms with van der Waals surface area (Å²) in [6, 6.07) is 3.70. The van der Waals surface area contributed by atoms with E-state index in [-0.39, 0.29) is 5.91 Å². The maximum absolute atomic E-state index is 11.7. The number of halogens is 1. The summed E-state index contributed by atoms with van der Waals surface area (Å²) in [6.45, 7) is 2.85. The van der Waals surface area contributed by atoms with E-state index in [2.05, 4.69) is 28.2 Å². The quantitative estimate of drug-likeness (QED) is 0.570. The molecule has 1 aromatic carbocycles. The van der Waals surface area contributed by atoms with E-state index in [1.807, 2.05) is 12.1 Å². The van der Waals surface area contributed by atoms with Crippen LogP contribution in [0.15, 0.2) is 22.7 Å². The molecule has 1 aromatic rings. The Morgan fingerprint density at radius 1 is 1.29 bits per heavy atom. The molecule has 21 heavy (non-hydrogen) atoms. The second kappa shape index (κ2) is 9.45. The van der Waals surface area contributed by atoms with Gasteiger partial charge in [-0.1, -0.05) is 19.8 Å². The van der Waals surface area contributed by atoms with Crippen molar-refractivity contribution in [2.24, 2.45) is 0 Å². The first-order valence-electron chi connectivity index (χ1n) is 6.99. The van der Waals surface area contributed by atoms with Gasteiger partial charge in [0.25, 0.3) is 0 Å². The van der Waals surface area contributed by atoms with Crippen LogP contribution in [0.2, 0.25) is 0 Å². The molecule has 0 bridgehead atoms. The summed E-state index contributed by atoms with van der Waals surface area (Å²) in [5.41, 5.74) is 0.864. The van der Waals surface area contributed by atoms with Gasteiger partial charge in [0.2, 0.25) is 5.91 Å². The largest absolute Gasteiger partial charge is 0.493 e. The SMILES string of the molecule is CCCCCNC(=O)/C=C/c1cc(Br)c(OC)c(OC)c1. The predicted molar refractivity (Wildman–Crippen MR) is 88.8 cm³/mol. The van der Waals surface area contributed by atoms with Crippen molar-refractivity contribution in [1.82, 2.24) is 5.32 Å². The number of benzene rings is 1. The Hall–Kier alpha value is -1.49. The smallest absolute Gasteiger partial charge is 0.243 e.